The maximum absolute atomic E-state index is 12.0. The first-order valence-corrected chi connectivity index (χ1v) is 7.84. The van der Waals surface area contributed by atoms with E-state index in [1.807, 2.05) is 6.92 Å². The van der Waals surface area contributed by atoms with Gasteiger partial charge >= 0.3 is 0 Å². The van der Waals surface area contributed by atoms with Crippen molar-refractivity contribution in [3.05, 3.63) is 0 Å². The highest BCUT2D eigenvalue weighted by atomic mass is 35.5. The molecule has 1 saturated heterocycles. The Labute approximate surface area is 102 Å². The summed E-state index contributed by atoms with van der Waals surface area (Å²) in [6, 6.07) is 0. The van der Waals surface area contributed by atoms with Crippen LogP contribution in [-0.2, 0) is 14.6 Å². The quantitative estimate of drug-likeness (QED) is 0.715. The minimum absolute atomic E-state index is 0.141. The third-order valence-electron chi connectivity index (χ3n) is 2.90. The number of sulfone groups is 1. The van der Waals surface area contributed by atoms with E-state index in [2.05, 4.69) is 0 Å². The second kappa shape index (κ2) is 5.87. The summed E-state index contributed by atoms with van der Waals surface area (Å²) in [5, 5.41) is -0.829. The smallest absolute Gasteiger partial charge is 0.240 e. The summed E-state index contributed by atoms with van der Waals surface area (Å²) in [4.78, 5) is 13.6. The van der Waals surface area contributed by atoms with E-state index in [1.54, 1.807) is 0 Å². The van der Waals surface area contributed by atoms with Gasteiger partial charge in [0, 0.05) is 19.0 Å². The van der Waals surface area contributed by atoms with Crippen LogP contribution >= 0.6 is 11.6 Å². The maximum Gasteiger partial charge on any atom is 0.240 e. The van der Waals surface area contributed by atoms with Crippen molar-refractivity contribution in [3.63, 3.8) is 0 Å². The van der Waals surface area contributed by atoms with Gasteiger partial charge in [-0.3, -0.25) is 4.79 Å². The summed E-state index contributed by atoms with van der Waals surface area (Å²) in [5.74, 6) is 0.205. The molecular weight excluding hydrogens is 250 g/mol. The summed E-state index contributed by atoms with van der Waals surface area (Å²) >= 11 is 5.59. The van der Waals surface area contributed by atoms with Gasteiger partial charge in [-0.1, -0.05) is 6.42 Å². The van der Waals surface area contributed by atoms with E-state index < -0.39 is 15.1 Å². The third kappa shape index (κ3) is 3.10. The normalized spacial score (nSPS) is 24.0. The molecule has 1 heterocycles. The van der Waals surface area contributed by atoms with Crippen LogP contribution in [0.25, 0.3) is 0 Å². The molecule has 0 aliphatic carbocycles. The average Bonchev–Trinajstić information content (AvgIpc) is 2.24. The Morgan fingerprint density at radius 1 is 1.44 bits per heavy atom. The van der Waals surface area contributed by atoms with Crippen molar-refractivity contribution in [3.8, 4) is 0 Å². The number of rotatable bonds is 4. The molecule has 0 bridgehead atoms. The Morgan fingerprint density at radius 3 is 2.62 bits per heavy atom. The van der Waals surface area contributed by atoms with Crippen molar-refractivity contribution in [2.45, 2.75) is 31.4 Å². The Balaban J connectivity index is 2.78. The Hall–Kier alpha value is -0.290. The van der Waals surface area contributed by atoms with Gasteiger partial charge < -0.3 is 4.90 Å². The van der Waals surface area contributed by atoms with Gasteiger partial charge in [-0.25, -0.2) is 8.42 Å². The van der Waals surface area contributed by atoms with E-state index in [0.717, 1.165) is 6.42 Å². The molecule has 1 rings (SSSR count). The first kappa shape index (κ1) is 13.8. The Kier molecular flexibility index (Phi) is 5.05. The predicted octanol–water partition coefficient (Wildman–Crippen LogP) is 1.04. The fourth-order valence-corrected chi connectivity index (χ4v) is 4.04. The molecule has 1 aliphatic heterocycles. The lowest BCUT2D eigenvalue weighted by Crippen LogP contribution is -2.45. The number of alkyl halides is 1. The molecule has 1 fully saturated rings. The lowest BCUT2D eigenvalue weighted by atomic mass is 10.1. The monoisotopic (exact) mass is 267 g/mol. The van der Waals surface area contributed by atoms with Crippen LogP contribution in [0.2, 0.25) is 0 Å². The number of nitrogens with zero attached hydrogens (tertiary/aromatic N) is 1. The maximum atomic E-state index is 12.0. The van der Waals surface area contributed by atoms with Gasteiger partial charge in [0.05, 0.1) is 5.75 Å². The molecule has 0 spiro atoms. The summed E-state index contributed by atoms with van der Waals surface area (Å²) < 4.78 is 23.5. The SMILES string of the molecule is CCN(CCCl)C(=O)C1CCCCS1(=O)=O. The average molecular weight is 268 g/mol. The van der Waals surface area contributed by atoms with Crippen LogP contribution in [0.1, 0.15) is 26.2 Å². The van der Waals surface area contributed by atoms with Gasteiger partial charge in [0.25, 0.3) is 0 Å². The molecule has 1 unspecified atom stereocenters. The molecule has 16 heavy (non-hydrogen) atoms. The van der Waals surface area contributed by atoms with Gasteiger partial charge in [-0.05, 0) is 19.8 Å². The molecule has 94 valence electrons. The largest absolute Gasteiger partial charge is 0.341 e. The van der Waals surface area contributed by atoms with Gasteiger partial charge in [-0.15, -0.1) is 11.6 Å². The van der Waals surface area contributed by atoms with Crippen LogP contribution in [0.4, 0.5) is 0 Å². The van der Waals surface area contributed by atoms with Crippen LogP contribution < -0.4 is 0 Å². The Bertz CT molecular complexity index is 342. The zero-order chi connectivity index (χ0) is 12.2. The van der Waals surface area contributed by atoms with Crippen LogP contribution in [0.5, 0.6) is 0 Å². The third-order valence-corrected chi connectivity index (χ3v) is 5.23. The van der Waals surface area contributed by atoms with E-state index in [9.17, 15) is 13.2 Å². The van der Waals surface area contributed by atoms with Gasteiger partial charge in [0.2, 0.25) is 5.91 Å². The molecule has 1 amide bonds. The number of halogens is 1. The molecule has 4 nitrogen and oxygen atoms in total. The second-order valence-corrected chi connectivity index (χ2v) is 6.64. The topological polar surface area (TPSA) is 54.5 Å². The summed E-state index contributed by atoms with van der Waals surface area (Å²) in [6.07, 6.45) is 1.95. The number of carbonyl (C=O) groups is 1. The minimum atomic E-state index is -3.23. The highest BCUT2D eigenvalue weighted by Crippen LogP contribution is 2.21. The van der Waals surface area contributed by atoms with Crippen LogP contribution in [-0.4, -0.2) is 49.2 Å². The molecule has 0 saturated carbocycles. The van der Waals surface area contributed by atoms with E-state index >= 15 is 0 Å². The van der Waals surface area contributed by atoms with Crippen molar-refractivity contribution in [2.24, 2.45) is 0 Å². The van der Waals surface area contributed by atoms with Gasteiger partial charge in [0.1, 0.15) is 5.25 Å². The molecule has 6 heteroatoms. The first-order chi connectivity index (χ1) is 7.53. The Morgan fingerprint density at radius 2 is 2.12 bits per heavy atom. The molecule has 1 atom stereocenters. The number of hydrogen-bond donors (Lipinski definition) is 0. The number of hydrogen-bond acceptors (Lipinski definition) is 3. The molecule has 0 aromatic carbocycles. The van der Waals surface area contributed by atoms with Crippen molar-refractivity contribution in [1.82, 2.24) is 4.90 Å². The molecule has 1 aliphatic rings. The van der Waals surface area contributed by atoms with Crippen LogP contribution in [0.15, 0.2) is 0 Å². The molecule has 0 N–H and O–H groups in total. The minimum Gasteiger partial charge on any atom is -0.341 e. The van der Waals surface area contributed by atoms with Crippen molar-refractivity contribution in [1.29, 1.82) is 0 Å². The molecule has 0 radical (unpaired) electrons. The van der Waals surface area contributed by atoms with Crippen molar-refractivity contribution in [2.75, 3.05) is 24.7 Å². The number of amides is 1. The van der Waals surface area contributed by atoms with E-state index in [4.69, 9.17) is 11.6 Å². The fraction of sp³-hybridized carbons (Fsp3) is 0.900. The van der Waals surface area contributed by atoms with Crippen LogP contribution in [0.3, 0.4) is 0 Å². The lowest BCUT2D eigenvalue weighted by Gasteiger charge is -2.27. The van der Waals surface area contributed by atoms with Crippen LogP contribution in [0, 0.1) is 0 Å². The van der Waals surface area contributed by atoms with Gasteiger partial charge in [-0.2, -0.15) is 0 Å². The van der Waals surface area contributed by atoms with Gasteiger partial charge in [0.15, 0.2) is 9.84 Å². The highest BCUT2D eigenvalue weighted by molar-refractivity contribution is 7.92. The first-order valence-electron chi connectivity index (χ1n) is 5.59. The second-order valence-electron chi connectivity index (χ2n) is 3.96. The van der Waals surface area contributed by atoms with E-state index in [0.29, 0.717) is 31.8 Å². The van der Waals surface area contributed by atoms with Crippen molar-refractivity contribution < 1.29 is 13.2 Å². The predicted molar refractivity (Wildman–Crippen MR) is 64.4 cm³/mol. The fourth-order valence-electron chi connectivity index (χ4n) is 1.96. The summed E-state index contributed by atoms with van der Waals surface area (Å²) in [7, 11) is -3.23. The van der Waals surface area contributed by atoms with Crippen molar-refractivity contribution >= 4 is 27.3 Å². The van der Waals surface area contributed by atoms with E-state index in [-0.39, 0.29) is 11.7 Å². The molecule has 0 aromatic heterocycles. The highest BCUT2D eigenvalue weighted by Gasteiger charge is 2.36. The summed E-state index contributed by atoms with van der Waals surface area (Å²) in [6.45, 7) is 2.76. The zero-order valence-electron chi connectivity index (χ0n) is 9.49. The number of carbonyl (C=O) groups excluding carboxylic acids is 1. The summed E-state index contributed by atoms with van der Waals surface area (Å²) in [5.41, 5.74) is 0. The zero-order valence-corrected chi connectivity index (χ0v) is 11.1. The molecular formula is C10H18ClNO3S. The standard InChI is InChI=1S/C10H18ClNO3S/c1-2-12(7-6-11)10(13)9-5-3-4-8-16(9,14)15/h9H,2-8H2,1H3. The molecule has 0 aromatic rings. The van der Waals surface area contributed by atoms with E-state index in [1.165, 1.54) is 4.90 Å². The lowest BCUT2D eigenvalue weighted by molar-refractivity contribution is -0.130.